The maximum atomic E-state index is 12.7. The van der Waals surface area contributed by atoms with Gasteiger partial charge in [0.05, 0.1) is 19.3 Å². The molecular formula is C27H41N2O3+. The number of amides is 1. The Bertz CT molecular complexity index is 807. The van der Waals surface area contributed by atoms with E-state index in [2.05, 4.69) is 29.9 Å². The zero-order valence-electron chi connectivity index (χ0n) is 20.2. The van der Waals surface area contributed by atoms with Gasteiger partial charge in [-0.2, -0.15) is 0 Å². The topological polar surface area (TPSA) is 51.4 Å². The molecule has 1 aromatic heterocycles. The van der Waals surface area contributed by atoms with E-state index in [0.29, 0.717) is 24.5 Å². The molecule has 0 radical (unpaired) electrons. The van der Waals surface area contributed by atoms with Crippen molar-refractivity contribution in [2.24, 2.45) is 0 Å². The van der Waals surface area contributed by atoms with Crippen molar-refractivity contribution in [3.8, 4) is 11.5 Å². The van der Waals surface area contributed by atoms with E-state index in [1.165, 1.54) is 44.9 Å². The number of pyridine rings is 1. The molecule has 2 aromatic rings. The summed E-state index contributed by atoms with van der Waals surface area (Å²) in [7, 11) is 1.58. The quantitative estimate of drug-likeness (QED) is 0.263. The molecule has 1 amide bonds. The molecule has 0 bridgehead atoms. The molecule has 2 rings (SSSR count). The van der Waals surface area contributed by atoms with Crippen LogP contribution in [0.2, 0.25) is 0 Å². The summed E-state index contributed by atoms with van der Waals surface area (Å²) in [6, 6.07) is 9.46. The van der Waals surface area contributed by atoms with Crippen molar-refractivity contribution in [2.75, 3.05) is 13.7 Å². The van der Waals surface area contributed by atoms with Crippen LogP contribution in [0.15, 0.2) is 42.7 Å². The van der Waals surface area contributed by atoms with Crippen LogP contribution in [0.25, 0.3) is 0 Å². The second-order valence-electron chi connectivity index (χ2n) is 8.32. The first kappa shape index (κ1) is 25.7. The lowest BCUT2D eigenvalue weighted by atomic mass is 10.1. The van der Waals surface area contributed by atoms with E-state index < -0.39 is 0 Å². The summed E-state index contributed by atoms with van der Waals surface area (Å²) in [6.07, 6.45) is 15.4. The molecule has 0 aliphatic carbocycles. The number of benzene rings is 1. The molecule has 176 valence electrons. The lowest BCUT2D eigenvalue weighted by molar-refractivity contribution is -0.697. The van der Waals surface area contributed by atoms with E-state index in [9.17, 15) is 4.79 Å². The number of rotatable bonds is 16. The van der Waals surface area contributed by atoms with Crippen LogP contribution < -0.4 is 19.4 Å². The van der Waals surface area contributed by atoms with E-state index in [4.69, 9.17) is 9.47 Å². The molecular weight excluding hydrogens is 400 g/mol. The van der Waals surface area contributed by atoms with Gasteiger partial charge in [-0.3, -0.25) is 4.79 Å². The maximum absolute atomic E-state index is 12.7. The van der Waals surface area contributed by atoms with Gasteiger partial charge in [0.1, 0.15) is 18.0 Å². The Labute approximate surface area is 194 Å². The Hall–Kier alpha value is -2.56. The number of unbranched alkanes of at least 4 members (excludes halogenated alkanes) is 7. The first-order valence-corrected chi connectivity index (χ1v) is 12.2. The molecule has 0 fully saturated rings. The highest BCUT2D eigenvalue weighted by molar-refractivity contribution is 5.97. The first-order chi connectivity index (χ1) is 15.7. The van der Waals surface area contributed by atoms with E-state index in [1.807, 2.05) is 24.4 Å². The van der Waals surface area contributed by atoms with Crippen LogP contribution in [0.5, 0.6) is 11.5 Å². The van der Waals surface area contributed by atoms with Crippen molar-refractivity contribution in [2.45, 2.75) is 84.7 Å². The number of ether oxygens (including phenoxy) is 2. The number of hydrogen-bond donors (Lipinski definition) is 1. The molecule has 0 saturated heterocycles. The molecule has 1 heterocycles. The van der Waals surface area contributed by atoms with Crippen molar-refractivity contribution >= 4 is 5.91 Å². The molecule has 0 unspecified atom stereocenters. The summed E-state index contributed by atoms with van der Waals surface area (Å²) in [4.78, 5) is 12.7. The predicted octanol–water partition coefficient (Wildman–Crippen LogP) is 5.84. The number of nitrogens with one attached hydrogen (secondary N) is 1. The smallest absolute Gasteiger partial charge is 0.255 e. The third-order valence-corrected chi connectivity index (χ3v) is 5.54. The van der Waals surface area contributed by atoms with E-state index in [-0.39, 0.29) is 5.91 Å². The number of nitrogens with zero attached hydrogens (tertiary/aromatic N) is 1. The Morgan fingerprint density at radius 1 is 0.969 bits per heavy atom. The lowest BCUT2D eigenvalue weighted by Gasteiger charge is -2.12. The van der Waals surface area contributed by atoms with E-state index >= 15 is 0 Å². The van der Waals surface area contributed by atoms with Gasteiger partial charge in [-0.1, -0.05) is 58.8 Å². The van der Waals surface area contributed by atoms with Crippen molar-refractivity contribution in [3.63, 3.8) is 0 Å². The molecule has 1 aromatic carbocycles. The molecule has 5 nitrogen and oxygen atoms in total. The molecule has 0 atom stereocenters. The molecule has 32 heavy (non-hydrogen) atoms. The number of methoxy groups -OCH3 is 1. The van der Waals surface area contributed by atoms with Crippen LogP contribution in [-0.2, 0) is 13.1 Å². The van der Waals surface area contributed by atoms with Crippen LogP contribution in [0.1, 0.15) is 87.6 Å². The second kappa shape index (κ2) is 15.3. The number of aromatic nitrogens is 1. The summed E-state index contributed by atoms with van der Waals surface area (Å²) in [6.45, 7) is 6.53. The fourth-order valence-corrected chi connectivity index (χ4v) is 3.73. The Kier molecular flexibility index (Phi) is 12.3. The standard InChI is InChI=1S/C27H40N2O3/c1-4-6-7-8-9-10-11-12-19-32-24-15-16-25(26(20-24)31-3)27(30)28-21-23-14-13-18-29(22-23)17-5-2/h13-16,18,20,22H,4-12,17,19,21H2,1-3H3/p+1. The van der Waals surface area contributed by atoms with E-state index in [1.54, 1.807) is 19.2 Å². The maximum Gasteiger partial charge on any atom is 0.255 e. The number of carbonyl (C=O) groups excluding carboxylic acids is 1. The highest BCUT2D eigenvalue weighted by Gasteiger charge is 2.14. The van der Waals surface area contributed by atoms with Crippen molar-refractivity contribution in [1.29, 1.82) is 0 Å². The van der Waals surface area contributed by atoms with Crippen LogP contribution in [0, 0.1) is 0 Å². The van der Waals surface area contributed by atoms with Crippen LogP contribution in [0.4, 0.5) is 0 Å². The molecule has 0 aliphatic heterocycles. The molecule has 0 aliphatic rings. The van der Waals surface area contributed by atoms with Gasteiger partial charge < -0.3 is 14.8 Å². The van der Waals surface area contributed by atoms with Gasteiger partial charge >= 0.3 is 0 Å². The van der Waals surface area contributed by atoms with Gasteiger partial charge in [0.25, 0.3) is 5.91 Å². The summed E-state index contributed by atoms with van der Waals surface area (Å²) in [5.74, 6) is 1.12. The van der Waals surface area contributed by atoms with Gasteiger partial charge in [-0.25, -0.2) is 4.57 Å². The summed E-state index contributed by atoms with van der Waals surface area (Å²) in [5, 5.41) is 2.99. The Morgan fingerprint density at radius 3 is 2.44 bits per heavy atom. The number of hydrogen-bond acceptors (Lipinski definition) is 3. The first-order valence-electron chi connectivity index (χ1n) is 12.2. The van der Waals surface area contributed by atoms with Crippen molar-refractivity contribution < 1.29 is 18.8 Å². The van der Waals surface area contributed by atoms with Gasteiger partial charge in [0.2, 0.25) is 0 Å². The lowest BCUT2D eigenvalue weighted by Crippen LogP contribution is -2.34. The normalized spacial score (nSPS) is 10.7. The Balaban J connectivity index is 1.78. The average molecular weight is 442 g/mol. The zero-order chi connectivity index (χ0) is 23.0. The summed E-state index contributed by atoms with van der Waals surface area (Å²) < 4.78 is 13.5. The number of carbonyl (C=O) groups is 1. The molecule has 0 spiro atoms. The molecule has 1 N–H and O–H groups in total. The predicted molar refractivity (Wildman–Crippen MR) is 129 cm³/mol. The third-order valence-electron chi connectivity index (χ3n) is 5.54. The largest absolute Gasteiger partial charge is 0.496 e. The SMILES string of the molecule is CCCCCCCCCCOc1ccc(C(=O)NCc2ccc[n+](CCC)c2)c(OC)c1. The monoisotopic (exact) mass is 441 g/mol. The summed E-state index contributed by atoms with van der Waals surface area (Å²) in [5.41, 5.74) is 1.59. The Morgan fingerprint density at radius 2 is 1.72 bits per heavy atom. The minimum absolute atomic E-state index is 0.151. The van der Waals surface area contributed by atoms with Gasteiger partial charge in [0.15, 0.2) is 12.4 Å². The fraction of sp³-hybridized carbons (Fsp3) is 0.556. The van der Waals surface area contributed by atoms with Crippen LogP contribution in [-0.4, -0.2) is 19.6 Å². The highest BCUT2D eigenvalue weighted by Crippen LogP contribution is 2.25. The molecule has 5 heteroatoms. The van der Waals surface area contributed by atoms with E-state index in [0.717, 1.165) is 30.7 Å². The average Bonchev–Trinajstić information content (AvgIpc) is 2.82. The van der Waals surface area contributed by atoms with Crippen LogP contribution in [0.3, 0.4) is 0 Å². The van der Waals surface area contributed by atoms with Gasteiger partial charge in [0, 0.05) is 30.7 Å². The van der Waals surface area contributed by atoms with Crippen molar-refractivity contribution in [1.82, 2.24) is 5.32 Å². The van der Waals surface area contributed by atoms with Gasteiger partial charge in [-0.15, -0.1) is 0 Å². The minimum atomic E-state index is -0.151. The highest BCUT2D eigenvalue weighted by atomic mass is 16.5. The number of aryl methyl sites for hydroxylation is 1. The second-order valence-corrected chi connectivity index (χ2v) is 8.32. The van der Waals surface area contributed by atoms with Gasteiger partial charge in [-0.05, 0) is 24.6 Å². The van der Waals surface area contributed by atoms with Crippen LogP contribution >= 0.6 is 0 Å². The third kappa shape index (κ3) is 9.29. The zero-order valence-corrected chi connectivity index (χ0v) is 20.2. The fourth-order valence-electron chi connectivity index (χ4n) is 3.73. The molecule has 0 saturated carbocycles. The summed E-state index contributed by atoms with van der Waals surface area (Å²) >= 11 is 0. The van der Waals surface area contributed by atoms with Crippen molar-refractivity contribution in [3.05, 3.63) is 53.9 Å². The minimum Gasteiger partial charge on any atom is -0.496 e.